The number of hydrogen-bond donors (Lipinski definition) is 2. The smallest absolute Gasteiger partial charge is 0.461 e. The van der Waals surface area contributed by atoms with Crippen LogP contribution in [0.1, 0.15) is 16.7 Å². The number of benzene rings is 3. The molecule has 0 unspecified atom stereocenters. The van der Waals surface area contributed by atoms with Gasteiger partial charge in [0.25, 0.3) is 0 Å². The lowest BCUT2D eigenvalue weighted by atomic mass is 10.2. The summed E-state index contributed by atoms with van der Waals surface area (Å²) in [5, 5.41) is 3.77. The van der Waals surface area contributed by atoms with Gasteiger partial charge in [-0.05, 0) is 16.7 Å². The van der Waals surface area contributed by atoms with Crippen molar-refractivity contribution in [2.45, 2.75) is 38.1 Å². The SMILES string of the molecule is O=C(N[C@@H](COCc1ccccc1)C(=O)OC[C@H](NC(=O)C(F)(F)F)C(=O)OCc1ccccc1)OCc1ccccc1. The van der Waals surface area contributed by atoms with Crippen LogP contribution in [0, 0.1) is 0 Å². The maximum Gasteiger partial charge on any atom is 0.471 e. The Labute approximate surface area is 245 Å². The van der Waals surface area contributed by atoms with Gasteiger partial charge in [0.2, 0.25) is 0 Å². The number of nitrogens with one attached hydrogen (secondary N) is 2. The monoisotopic (exact) mass is 602 g/mol. The lowest BCUT2D eigenvalue weighted by Gasteiger charge is -2.21. The molecule has 228 valence electrons. The molecule has 0 aliphatic carbocycles. The topological polar surface area (TPSA) is 129 Å². The second-order valence-electron chi connectivity index (χ2n) is 9.01. The van der Waals surface area contributed by atoms with Gasteiger partial charge in [-0.15, -0.1) is 0 Å². The zero-order valence-corrected chi connectivity index (χ0v) is 22.8. The van der Waals surface area contributed by atoms with E-state index >= 15 is 0 Å². The molecule has 2 N–H and O–H groups in total. The molecule has 2 amide bonds. The van der Waals surface area contributed by atoms with Gasteiger partial charge in [0, 0.05) is 0 Å². The van der Waals surface area contributed by atoms with Gasteiger partial charge in [-0.2, -0.15) is 13.2 Å². The summed E-state index contributed by atoms with van der Waals surface area (Å²) >= 11 is 0. The van der Waals surface area contributed by atoms with Crippen LogP contribution in [0.15, 0.2) is 91.0 Å². The highest BCUT2D eigenvalue weighted by atomic mass is 19.4. The Bertz CT molecular complexity index is 1330. The number of rotatable bonds is 14. The highest BCUT2D eigenvalue weighted by Gasteiger charge is 2.41. The summed E-state index contributed by atoms with van der Waals surface area (Å²) in [6, 6.07) is 22.3. The minimum absolute atomic E-state index is 0.0570. The molecule has 0 aromatic heterocycles. The number of ether oxygens (including phenoxy) is 4. The van der Waals surface area contributed by atoms with Crippen molar-refractivity contribution in [2.24, 2.45) is 0 Å². The minimum Gasteiger partial charge on any atom is -0.461 e. The van der Waals surface area contributed by atoms with Gasteiger partial charge in [-0.1, -0.05) is 91.0 Å². The molecule has 0 spiro atoms. The first-order chi connectivity index (χ1) is 20.6. The lowest BCUT2D eigenvalue weighted by molar-refractivity contribution is -0.177. The van der Waals surface area contributed by atoms with Crippen LogP contribution in [0.5, 0.6) is 0 Å². The first-order valence-electron chi connectivity index (χ1n) is 13.0. The molecule has 0 bridgehead atoms. The number of carbonyl (C=O) groups is 4. The summed E-state index contributed by atoms with van der Waals surface area (Å²) in [5.74, 6) is -4.87. The lowest BCUT2D eigenvalue weighted by Crippen LogP contribution is -2.51. The van der Waals surface area contributed by atoms with Gasteiger partial charge in [0.05, 0.1) is 13.2 Å². The molecule has 2 atom stereocenters. The fourth-order valence-corrected chi connectivity index (χ4v) is 3.45. The zero-order valence-electron chi connectivity index (χ0n) is 22.8. The van der Waals surface area contributed by atoms with Gasteiger partial charge < -0.3 is 29.6 Å². The molecule has 0 aliphatic heterocycles. The van der Waals surface area contributed by atoms with Crippen molar-refractivity contribution < 1.29 is 51.3 Å². The Kier molecular flexibility index (Phi) is 12.5. The van der Waals surface area contributed by atoms with Crippen molar-refractivity contribution in [1.82, 2.24) is 10.6 Å². The largest absolute Gasteiger partial charge is 0.471 e. The van der Waals surface area contributed by atoms with Gasteiger partial charge in [-0.3, -0.25) is 4.79 Å². The maximum atomic E-state index is 12.9. The average Bonchev–Trinajstić information content (AvgIpc) is 3.01. The highest BCUT2D eigenvalue weighted by Crippen LogP contribution is 2.15. The Hall–Kier alpha value is -4.91. The molecule has 43 heavy (non-hydrogen) atoms. The predicted molar refractivity (Wildman–Crippen MR) is 145 cm³/mol. The number of amides is 2. The van der Waals surface area contributed by atoms with E-state index in [1.165, 1.54) is 5.32 Å². The van der Waals surface area contributed by atoms with Crippen LogP contribution in [-0.2, 0) is 53.2 Å². The quantitative estimate of drug-likeness (QED) is 0.211. The normalized spacial score (nSPS) is 12.3. The van der Waals surface area contributed by atoms with Crippen molar-refractivity contribution in [1.29, 1.82) is 0 Å². The fraction of sp³-hybridized carbons (Fsp3) is 0.267. The Morgan fingerprint density at radius 2 is 1.02 bits per heavy atom. The molecular weight excluding hydrogens is 573 g/mol. The van der Waals surface area contributed by atoms with E-state index in [4.69, 9.17) is 18.9 Å². The molecule has 0 heterocycles. The van der Waals surface area contributed by atoms with E-state index in [9.17, 15) is 32.3 Å². The van der Waals surface area contributed by atoms with Crippen molar-refractivity contribution in [3.63, 3.8) is 0 Å². The highest BCUT2D eigenvalue weighted by molar-refractivity contribution is 5.88. The van der Waals surface area contributed by atoms with E-state index in [0.29, 0.717) is 11.1 Å². The number of carbonyl (C=O) groups excluding carboxylic acids is 4. The van der Waals surface area contributed by atoms with E-state index in [-0.39, 0.29) is 19.8 Å². The number of hydrogen-bond acceptors (Lipinski definition) is 8. The second kappa shape index (κ2) is 16.5. The molecule has 0 radical (unpaired) electrons. The third-order valence-corrected chi connectivity index (χ3v) is 5.65. The van der Waals surface area contributed by atoms with Crippen LogP contribution < -0.4 is 10.6 Å². The molecule has 3 rings (SSSR count). The summed E-state index contributed by atoms with van der Waals surface area (Å²) in [4.78, 5) is 49.5. The van der Waals surface area contributed by atoms with Crippen LogP contribution in [-0.4, -0.2) is 55.4 Å². The molecule has 3 aromatic rings. The Balaban J connectivity index is 1.64. The van der Waals surface area contributed by atoms with Crippen molar-refractivity contribution in [2.75, 3.05) is 13.2 Å². The van der Waals surface area contributed by atoms with Crippen LogP contribution >= 0.6 is 0 Å². The van der Waals surface area contributed by atoms with E-state index in [1.807, 2.05) is 0 Å². The molecular formula is C30H29F3N2O8. The van der Waals surface area contributed by atoms with Crippen LogP contribution in [0.3, 0.4) is 0 Å². The summed E-state index contributed by atoms with van der Waals surface area (Å²) in [7, 11) is 0. The number of alkyl halides is 3. The standard InChI is InChI=1S/C30H29F3N2O8/c31-30(32,33)28(38)34-25(27(37)41-17-22-12-6-2-7-13-22)20-42-26(36)24(19-40-16-21-10-4-1-5-11-21)35-29(39)43-18-23-14-8-3-9-15-23/h1-15,24-25H,16-20H2,(H,34,38)(H,35,39)/t24-,25-/m0/s1. The second-order valence-corrected chi connectivity index (χ2v) is 9.01. The predicted octanol–water partition coefficient (Wildman–Crippen LogP) is 3.83. The average molecular weight is 603 g/mol. The molecule has 0 saturated heterocycles. The van der Waals surface area contributed by atoms with E-state index in [0.717, 1.165) is 5.56 Å². The molecule has 0 fully saturated rings. The maximum absolute atomic E-state index is 12.9. The molecule has 13 heteroatoms. The molecule has 3 aromatic carbocycles. The first-order valence-corrected chi connectivity index (χ1v) is 13.0. The van der Waals surface area contributed by atoms with Gasteiger partial charge in [-0.25, -0.2) is 14.4 Å². The van der Waals surface area contributed by atoms with Crippen LogP contribution in [0.2, 0.25) is 0 Å². The first kappa shape index (κ1) is 32.6. The molecule has 0 aliphatic rings. The summed E-state index contributed by atoms with van der Waals surface area (Å²) in [6.45, 7) is -1.80. The number of halogens is 3. The van der Waals surface area contributed by atoms with E-state index < -0.39 is 55.4 Å². The van der Waals surface area contributed by atoms with E-state index in [1.54, 1.807) is 91.0 Å². The minimum atomic E-state index is -5.32. The van der Waals surface area contributed by atoms with Crippen molar-refractivity contribution in [3.05, 3.63) is 108 Å². The number of esters is 2. The molecule has 0 saturated carbocycles. The van der Waals surface area contributed by atoms with E-state index in [2.05, 4.69) is 5.32 Å². The summed E-state index contributed by atoms with van der Waals surface area (Å²) in [6.07, 6.45) is -6.32. The number of alkyl carbamates (subject to hydrolysis) is 1. The molecule has 10 nitrogen and oxygen atoms in total. The van der Waals surface area contributed by atoms with Gasteiger partial charge in [0.15, 0.2) is 12.1 Å². The third kappa shape index (κ3) is 11.8. The van der Waals surface area contributed by atoms with Gasteiger partial charge in [0.1, 0.15) is 19.8 Å². The summed E-state index contributed by atoms with van der Waals surface area (Å²) in [5.41, 5.74) is 1.97. The third-order valence-electron chi connectivity index (χ3n) is 5.65. The Morgan fingerprint density at radius 3 is 1.53 bits per heavy atom. The van der Waals surface area contributed by atoms with Crippen molar-refractivity contribution in [3.8, 4) is 0 Å². The summed E-state index contributed by atoms with van der Waals surface area (Å²) < 4.78 is 59.5. The van der Waals surface area contributed by atoms with Crippen LogP contribution in [0.25, 0.3) is 0 Å². The fourth-order valence-electron chi connectivity index (χ4n) is 3.45. The van der Waals surface area contributed by atoms with Crippen molar-refractivity contribution >= 4 is 23.9 Å². The van der Waals surface area contributed by atoms with Gasteiger partial charge >= 0.3 is 30.1 Å². The zero-order chi connectivity index (χ0) is 31.1. The Morgan fingerprint density at radius 1 is 0.581 bits per heavy atom. The van der Waals surface area contributed by atoms with Crippen LogP contribution in [0.4, 0.5) is 18.0 Å².